The molecule has 1 aromatic rings. The zero-order valence-corrected chi connectivity index (χ0v) is 13.2. The number of ether oxygens (including phenoxy) is 2. The lowest BCUT2D eigenvalue weighted by Crippen LogP contribution is -2.36. The van der Waals surface area contributed by atoms with Crippen molar-refractivity contribution in [1.29, 1.82) is 0 Å². The summed E-state index contributed by atoms with van der Waals surface area (Å²) in [6.45, 7) is 2.25. The van der Waals surface area contributed by atoms with Crippen molar-refractivity contribution in [3.8, 4) is 0 Å². The minimum absolute atomic E-state index is 0.104. The largest absolute Gasteiger partial charge is 0.398 e. The third-order valence-corrected chi connectivity index (χ3v) is 4.96. The summed E-state index contributed by atoms with van der Waals surface area (Å²) in [5, 5.41) is 0. The average Bonchev–Trinajstić information content (AvgIpc) is 2.44. The highest BCUT2D eigenvalue weighted by Crippen LogP contribution is 2.23. The Balaban J connectivity index is 3.15. The fourth-order valence-corrected chi connectivity index (χ4v) is 3.17. The second-order valence-electron chi connectivity index (χ2n) is 4.51. The molecule has 0 bridgehead atoms. The van der Waals surface area contributed by atoms with E-state index in [1.165, 1.54) is 31.5 Å². The highest BCUT2D eigenvalue weighted by Gasteiger charge is 2.25. The molecule has 0 fully saturated rings. The third-order valence-electron chi connectivity index (χ3n) is 3.09. The van der Waals surface area contributed by atoms with E-state index in [1.54, 1.807) is 0 Å². The Kier molecular flexibility index (Phi) is 6.53. The minimum Gasteiger partial charge on any atom is -0.398 e. The number of anilines is 1. The van der Waals surface area contributed by atoms with E-state index in [0.29, 0.717) is 0 Å². The van der Waals surface area contributed by atoms with Gasteiger partial charge in [-0.2, -0.15) is 4.31 Å². The van der Waals surface area contributed by atoms with E-state index >= 15 is 0 Å². The van der Waals surface area contributed by atoms with Crippen LogP contribution in [0, 0.1) is 12.7 Å². The first-order chi connectivity index (χ1) is 9.84. The summed E-state index contributed by atoms with van der Waals surface area (Å²) >= 11 is 0. The van der Waals surface area contributed by atoms with E-state index in [-0.39, 0.29) is 42.4 Å². The van der Waals surface area contributed by atoms with Gasteiger partial charge in [-0.3, -0.25) is 0 Å². The summed E-state index contributed by atoms with van der Waals surface area (Å²) in [6, 6.07) is 2.24. The number of methoxy groups -OCH3 is 2. The number of nitrogens with zero attached hydrogens (tertiary/aromatic N) is 1. The summed E-state index contributed by atoms with van der Waals surface area (Å²) in [5.41, 5.74) is 5.98. The summed E-state index contributed by atoms with van der Waals surface area (Å²) in [6.07, 6.45) is 0. The quantitative estimate of drug-likeness (QED) is 0.723. The van der Waals surface area contributed by atoms with Gasteiger partial charge < -0.3 is 15.2 Å². The molecule has 1 rings (SSSR count). The molecular weight excluding hydrogens is 299 g/mol. The molecule has 0 aliphatic carbocycles. The van der Waals surface area contributed by atoms with Crippen LogP contribution in [0.15, 0.2) is 17.0 Å². The average molecular weight is 320 g/mol. The van der Waals surface area contributed by atoms with Crippen LogP contribution >= 0.6 is 0 Å². The van der Waals surface area contributed by atoms with Gasteiger partial charge in [0.15, 0.2) is 0 Å². The number of sulfonamides is 1. The fraction of sp³-hybridized carbons (Fsp3) is 0.538. The van der Waals surface area contributed by atoms with Gasteiger partial charge in [-0.05, 0) is 19.1 Å². The number of benzene rings is 1. The molecule has 0 spiro atoms. The maximum absolute atomic E-state index is 13.7. The minimum atomic E-state index is -3.85. The summed E-state index contributed by atoms with van der Waals surface area (Å²) in [5.74, 6) is -0.646. The van der Waals surface area contributed by atoms with E-state index in [0.717, 1.165) is 6.07 Å². The van der Waals surface area contributed by atoms with Crippen LogP contribution in [0.3, 0.4) is 0 Å². The van der Waals surface area contributed by atoms with Gasteiger partial charge in [0.05, 0.1) is 18.1 Å². The molecule has 0 saturated heterocycles. The topological polar surface area (TPSA) is 81.9 Å². The highest BCUT2D eigenvalue weighted by atomic mass is 32.2. The Morgan fingerprint density at radius 1 is 1.19 bits per heavy atom. The van der Waals surface area contributed by atoms with Gasteiger partial charge in [0.25, 0.3) is 0 Å². The Morgan fingerprint density at radius 3 is 2.14 bits per heavy atom. The second-order valence-corrected chi connectivity index (χ2v) is 6.45. The molecule has 0 radical (unpaired) electrons. The van der Waals surface area contributed by atoms with Crippen molar-refractivity contribution in [2.45, 2.75) is 11.8 Å². The van der Waals surface area contributed by atoms with E-state index in [4.69, 9.17) is 15.2 Å². The van der Waals surface area contributed by atoms with Crippen molar-refractivity contribution in [2.24, 2.45) is 0 Å². The van der Waals surface area contributed by atoms with Crippen LogP contribution in [0.2, 0.25) is 0 Å². The molecule has 0 atom stereocenters. The molecule has 0 amide bonds. The number of hydrogen-bond acceptors (Lipinski definition) is 5. The first kappa shape index (κ1) is 17.8. The van der Waals surface area contributed by atoms with Crippen LogP contribution in [-0.4, -0.2) is 53.2 Å². The van der Waals surface area contributed by atoms with Crippen molar-refractivity contribution in [2.75, 3.05) is 46.3 Å². The molecule has 2 N–H and O–H groups in total. The number of halogens is 1. The number of nitrogens with two attached hydrogens (primary N) is 1. The predicted molar refractivity (Wildman–Crippen MR) is 78.1 cm³/mol. The predicted octanol–water partition coefficient (Wildman–Crippen LogP) is 1.000. The number of hydrogen-bond donors (Lipinski definition) is 1. The summed E-state index contributed by atoms with van der Waals surface area (Å²) in [7, 11) is -0.900. The molecule has 0 saturated carbocycles. The molecule has 0 aliphatic rings. The Hall–Kier alpha value is -1.22. The SMILES string of the molecule is COCCN(CCOC)S(=O)(=O)c1cc(N)c(C)c(F)c1. The van der Waals surface area contributed by atoms with Crippen LogP contribution in [0.4, 0.5) is 10.1 Å². The maximum atomic E-state index is 13.7. The second kappa shape index (κ2) is 7.69. The number of rotatable bonds is 8. The maximum Gasteiger partial charge on any atom is 0.243 e. The number of nitrogen functional groups attached to an aromatic ring is 1. The Labute approximate surface area is 124 Å². The molecule has 1 aromatic carbocycles. The lowest BCUT2D eigenvalue weighted by Gasteiger charge is -2.22. The van der Waals surface area contributed by atoms with Crippen molar-refractivity contribution in [1.82, 2.24) is 4.31 Å². The lowest BCUT2D eigenvalue weighted by molar-refractivity contribution is 0.150. The molecule has 0 aromatic heterocycles. The molecular formula is C13H21FN2O4S. The Bertz CT molecular complexity index is 547. The van der Waals surface area contributed by atoms with Gasteiger partial charge in [-0.1, -0.05) is 0 Å². The van der Waals surface area contributed by atoms with Gasteiger partial charge in [0.2, 0.25) is 10.0 Å². The molecule has 21 heavy (non-hydrogen) atoms. The van der Waals surface area contributed by atoms with Crippen molar-refractivity contribution in [3.05, 3.63) is 23.5 Å². The van der Waals surface area contributed by atoms with Gasteiger partial charge in [-0.15, -0.1) is 0 Å². The molecule has 8 heteroatoms. The zero-order valence-electron chi connectivity index (χ0n) is 12.4. The third kappa shape index (κ3) is 4.37. The fourth-order valence-electron chi connectivity index (χ4n) is 1.71. The van der Waals surface area contributed by atoms with Crippen molar-refractivity contribution in [3.63, 3.8) is 0 Å². The Morgan fingerprint density at radius 2 is 1.71 bits per heavy atom. The lowest BCUT2D eigenvalue weighted by atomic mass is 10.2. The first-order valence-electron chi connectivity index (χ1n) is 6.38. The van der Waals surface area contributed by atoms with Crippen LogP contribution in [0.25, 0.3) is 0 Å². The monoisotopic (exact) mass is 320 g/mol. The van der Waals surface area contributed by atoms with Gasteiger partial charge in [-0.25, -0.2) is 12.8 Å². The molecule has 0 unspecified atom stereocenters. The van der Waals surface area contributed by atoms with Crippen LogP contribution in [0.1, 0.15) is 5.56 Å². The van der Waals surface area contributed by atoms with E-state index in [9.17, 15) is 12.8 Å². The van der Waals surface area contributed by atoms with Gasteiger partial charge >= 0.3 is 0 Å². The van der Waals surface area contributed by atoms with E-state index < -0.39 is 15.8 Å². The smallest absolute Gasteiger partial charge is 0.243 e. The zero-order chi connectivity index (χ0) is 16.0. The van der Waals surface area contributed by atoms with Gasteiger partial charge in [0.1, 0.15) is 5.82 Å². The van der Waals surface area contributed by atoms with E-state index in [2.05, 4.69) is 0 Å². The van der Waals surface area contributed by atoms with Crippen molar-refractivity contribution >= 4 is 15.7 Å². The highest BCUT2D eigenvalue weighted by molar-refractivity contribution is 7.89. The van der Waals surface area contributed by atoms with Crippen molar-refractivity contribution < 1.29 is 22.3 Å². The molecule has 120 valence electrons. The standard InChI is InChI=1S/C13H21FN2O4S/c1-10-12(14)8-11(9-13(10)15)21(17,18)16(4-6-19-2)5-7-20-3/h8-9H,4-7,15H2,1-3H3. The van der Waals surface area contributed by atoms with Gasteiger partial charge in [0, 0.05) is 38.6 Å². The van der Waals surface area contributed by atoms with Crippen LogP contribution < -0.4 is 5.73 Å². The molecule has 0 aliphatic heterocycles. The van der Waals surface area contributed by atoms with Crippen LogP contribution in [-0.2, 0) is 19.5 Å². The molecule has 6 nitrogen and oxygen atoms in total. The normalized spacial score (nSPS) is 12.0. The van der Waals surface area contributed by atoms with E-state index in [1.807, 2.05) is 0 Å². The summed E-state index contributed by atoms with van der Waals surface area (Å²) < 4.78 is 49.8. The van der Waals surface area contributed by atoms with Crippen LogP contribution in [0.5, 0.6) is 0 Å². The molecule has 0 heterocycles. The first-order valence-corrected chi connectivity index (χ1v) is 7.82. The summed E-state index contributed by atoms with van der Waals surface area (Å²) in [4.78, 5) is -0.171.